The Labute approximate surface area is 99.6 Å². The summed E-state index contributed by atoms with van der Waals surface area (Å²) in [5.74, 6) is 0.919. The van der Waals surface area contributed by atoms with Crippen LogP contribution >= 0.6 is 11.8 Å². The van der Waals surface area contributed by atoms with E-state index in [0.29, 0.717) is 12.5 Å². The highest BCUT2D eigenvalue weighted by Crippen LogP contribution is 2.35. The molecule has 0 amide bonds. The summed E-state index contributed by atoms with van der Waals surface area (Å²) >= 11 is 0.104. The van der Waals surface area contributed by atoms with Gasteiger partial charge in [0, 0.05) is 11.8 Å². The molecule has 1 fully saturated rings. The number of thioether (sulfide) groups is 1. The highest BCUT2D eigenvalue weighted by atomic mass is 32.2. The lowest BCUT2D eigenvalue weighted by Gasteiger charge is -2.17. The number of hydrogen-bond donors (Lipinski definition) is 1. The van der Waals surface area contributed by atoms with E-state index in [-0.39, 0.29) is 17.5 Å². The quantitative estimate of drug-likeness (QED) is 0.662. The van der Waals surface area contributed by atoms with E-state index >= 15 is 0 Å². The molecule has 0 bridgehead atoms. The summed E-state index contributed by atoms with van der Waals surface area (Å²) in [6.45, 7) is 3.09. The molecule has 0 aromatic rings. The van der Waals surface area contributed by atoms with Crippen LogP contribution < -0.4 is 5.32 Å². The second-order valence-electron chi connectivity index (χ2n) is 4.33. The van der Waals surface area contributed by atoms with E-state index in [0.717, 1.165) is 25.3 Å². The Bertz CT molecular complexity index is 192. The van der Waals surface area contributed by atoms with Crippen LogP contribution in [0.3, 0.4) is 0 Å². The molecule has 1 atom stereocenters. The second kappa shape index (κ2) is 6.74. The van der Waals surface area contributed by atoms with Crippen LogP contribution in [0.4, 0.5) is 13.2 Å². The molecular formula is C11H20F3NS. The van der Waals surface area contributed by atoms with Gasteiger partial charge in [0.25, 0.3) is 0 Å². The molecule has 0 heterocycles. The zero-order chi connectivity index (χ0) is 12.0. The highest BCUT2D eigenvalue weighted by Gasteiger charge is 2.31. The molecule has 0 saturated heterocycles. The summed E-state index contributed by atoms with van der Waals surface area (Å²) in [5.41, 5.74) is -4.06. The van der Waals surface area contributed by atoms with Gasteiger partial charge in [0.2, 0.25) is 0 Å². The molecule has 0 radical (unpaired) electrons. The number of alkyl halides is 3. The molecule has 1 N–H and O–H groups in total. The Balaban J connectivity index is 2.08. The number of halogens is 3. The van der Waals surface area contributed by atoms with Crippen LogP contribution in [0.5, 0.6) is 0 Å². The van der Waals surface area contributed by atoms with E-state index < -0.39 is 5.51 Å². The molecule has 1 unspecified atom stereocenters. The van der Waals surface area contributed by atoms with Crippen molar-refractivity contribution in [2.75, 3.05) is 12.3 Å². The van der Waals surface area contributed by atoms with Crippen LogP contribution in [0.15, 0.2) is 0 Å². The predicted octanol–water partition coefficient (Wildman–Crippen LogP) is 3.80. The summed E-state index contributed by atoms with van der Waals surface area (Å²) in [6.07, 6.45) is 5.11. The van der Waals surface area contributed by atoms with Crippen molar-refractivity contribution >= 4 is 11.8 Å². The Morgan fingerprint density at radius 1 is 1.38 bits per heavy atom. The van der Waals surface area contributed by atoms with Gasteiger partial charge in [-0.1, -0.05) is 18.7 Å². The molecule has 1 saturated carbocycles. The first-order valence-corrected chi connectivity index (χ1v) is 6.95. The summed E-state index contributed by atoms with van der Waals surface area (Å²) in [6, 6.07) is 0.453. The van der Waals surface area contributed by atoms with E-state index in [9.17, 15) is 13.2 Å². The van der Waals surface area contributed by atoms with E-state index in [4.69, 9.17) is 0 Å². The molecule has 0 aromatic heterocycles. The largest absolute Gasteiger partial charge is 0.441 e. The van der Waals surface area contributed by atoms with Crippen molar-refractivity contribution < 1.29 is 13.2 Å². The van der Waals surface area contributed by atoms with E-state index in [1.807, 2.05) is 0 Å². The van der Waals surface area contributed by atoms with Crippen molar-refractivity contribution in [3.63, 3.8) is 0 Å². The first kappa shape index (κ1) is 14.2. The van der Waals surface area contributed by atoms with E-state index in [1.165, 1.54) is 12.8 Å². The first-order chi connectivity index (χ1) is 7.53. The number of rotatable bonds is 8. The Morgan fingerprint density at radius 3 is 2.56 bits per heavy atom. The molecule has 1 rings (SSSR count). The fourth-order valence-electron chi connectivity index (χ4n) is 1.82. The molecule has 1 aliphatic rings. The molecule has 0 aliphatic heterocycles. The molecule has 96 valence electrons. The summed E-state index contributed by atoms with van der Waals surface area (Å²) in [5, 5.41) is 3.44. The van der Waals surface area contributed by atoms with Gasteiger partial charge in [-0.05, 0) is 44.6 Å². The SMILES string of the molecule is CCCNC(CCCSC(F)(F)F)C1CC1. The topological polar surface area (TPSA) is 12.0 Å². The maximum absolute atomic E-state index is 11.9. The smallest absolute Gasteiger partial charge is 0.314 e. The van der Waals surface area contributed by atoms with Gasteiger partial charge in [-0.3, -0.25) is 0 Å². The molecule has 16 heavy (non-hydrogen) atoms. The summed E-state index contributed by atoms with van der Waals surface area (Å²) in [4.78, 5) is 0. The monoisotopic (exact) mass is 255 g/mol. The molecule has 1 aliphatic carbocycles. The summed E-state index contributed by atoms with van der Waals surface area (Å²) in [7, 11) is 0. The minimum absolute atomic E-state index is 0.104. The third-order valence-corrected chi connectivity index (χ3v) is 3.59. The highest BCUT2D eigenvalue weighted by molar-refractivity contribution is 8.00. The van der Waals surface area contributed by atoms with E-state index in [2.05, 4.69) is 12.2 Å². The van der Waals surface area contributed by atoms with Gasteiger partial charge in [-0.2, -0.15) is 13.2 Å². The second-order valence-corrected chi connectivity index (χ2v) is 5.49. The lowest BCUT2D eigenvalue weighted by Crippen LogP contribution is -2.31. The van der Waals surface area contributed by atoms with Crippen molar-refractivity contribution in [3.8, 4) is 0 Å². The fourth-order valence-corrected chi connectivity index (χ4v) is 2.37. The molecule has 0 aromatic carbocycles. The molecule has 5 heteroatoms. The minimum Gasteiger partial charge on any atom is -0.314 e. The maximum Gasteiger partial charge on any atom is 0.441 e. The van der Waals surface area contributed by atoms with Crippen molar-refractivity contribution in [3.05, 3.63) is 0 Å². The van der Waals surface area contributed by atoms with Crippen LogP contribution in [-0.4, -0.2) is 23.8 Å². The average Bonchev–Trinajstić information content (AvgIpc) is 2.98. The van der Waals surface area contributed by atoms with Gasteiger partial charge in [-0.15, -0.1) is 0 Å². The van der Waals surface area contributed by atoms with Crippen LogP contribution in [0.25, 0.3) is 0 Å². The maximum atomic E-state index is 11.9. The van der Waals surface area contributed by atoms with Crippen LogP contribution in [0.1, 0.15) is 39.0 Å². The van der Waals surface area contributed by atoms with Gasteiger partial charge < -0.3 is 5.32 Å². The molecule has 0 spiro atoms. The normalized spacial score (nSPS) is 18.8. The Kier molecular flexibility index (Phi) is 5.97. The zero-order valence-electron chi connectivity index (χ0n) is 9.65. The van der Waals surface area contributed by atoms with Crippen molar-refractivity contribution in [2.45, 2.75) is 50.6 Å². The molecular weight excluding hydrogens is 235 g/mol. The lowest BCUT2D eigenvalue weighted by molar-refractivity contribution is -0.0328. The lowest BCUT2D eigenvalue weighted by atomic mass is 10.1. The first-order valence-electron chi connectivity index (χ1n) is 5.97. The molecule has 1 nitrogen and oxygen atoms in total. The predicted molar refractivity (Wildman–Crippen MR) is 62.6 cm³/mol. The summed E-state index contributed by atoms with van der Waals surface area (Å²) < 4.78 is 35.7. The standard InChI is InChI=1S/C11H20F3NS/c1-2-7-15-10(9-5-6-9)4-3-8-16-11(12,13)14/h9-10,15H,2-8H2,1H3. The van der Waals surface area contributed by atoms with Crippen molar-refractivity contribution in [1.29, 1.82) is 0 Å². The number of hydrogen-bond acceptors (Lipinski definition) is 2. The van der Waals surface area contributed by atoms with Crippen molar-refractivity contribution in [2.24, 2.45) is 5.92 Å². The van der Waals surface area contributed by atoms with Gasteiger partial charge in [0.1, 0.15) is 0 Å². The third-order valence-electron chi connectivity index (χ3n) is 2.77. The van der Waals surface area contributed by atoms with Crippen LogP contribution in [0, 0.1) is 5.92 Å². The van der Waals surface area contributed by atoms with Gasteiger partial charge in [-0.25, -0.2) is 0 Å². The van der Waals surface area contributed by atoms with Crippen LogP contribution in [-0.2, 0) is 0 Å². The van der Waals surface area contributed by atoms with E-state index in [1.54, 1.807) is 0 Å². The van der Waals surface area contributed by atoms with Crippen molar-refractivity contribution in [1.82, 2.24) is 5.32 Å². The average molecular weight is 255 g/mol. The van der Waals surface area contributed by atoms with Gasteiger partial charge in [0.15, 0.2) is 0 Å². The third kappa shape index (κ3) is 6.63. The van der Waals surface area contributed by atoms with Gasteiger partial charge >= 0.3 is 5.51 Å². The number of nitrogens with one attached hydrogen (secondary N) is 1. The fraction of sp³-hybridized carbons (Fsp3) is 1.00. The Morgan fingerprint density at radius 2 is 2.06 bits per heavy atom. The van der Waals surface area contributed by atoms with Gasteiger partial charge in [0.05, 0.1) is 0 Å². The minimum atomic E-state index is -4.06. The van der Waals surface area contributed by atoms with Crippen LogP contribution in [0.2, 0.25) is 0 Å². The zero-order valence-corrected chi connectivity index (χ0v) is 10.5. The Hall–Kier alpha value is 0.100.